The van der Waals surface area contributed by atoms with Crippen molar-refractivity contribution in [2.75, 3.05) is 11.9 Å². The molecular formula is C15H18N2O. The van der Waals surface area contributed by atoms with Crippen LogP contribution in [0, 0.1) is 6.92 Å². The van der Waals surface area contributed by atoms with E-state index in [2.05, 4.69) is 29.4 Å². The van der Waals surface area contributed by atoms with Gasteiger partial charge in [0.05, 0.1) is 18.5 Å². The van der Waals surface area contributed by atoms with Crippen molar-refractivity contribution >= 4 is 5.69 Å². The summed E-state index contributed by atoms with van der Waals surface area (Å²) in [6.45, 7) is 5.52. The Balaban J connectivity index is 2.02. The first-order valence-corrected chi connectivity index (χ1v) is 6.16. The maximum Gasteiger partial charge on any atom is 0.119 e. The Hall–Kier alpha value is -2.03. The molecule has 0 saturated carbocycles. The molecule has 0 fully saturated rings. The lowest BCUT2D eigenvalue weighted by atomic mass is 10.2. The molecule has 1 aromatic carbocycles. The van der Waals surface area contributed by atoms with Crippen molar-refractivity contribution in [3.05, 3.63) is 53.9 Å². The Morgan fingerprint density at radius 1 is 1.28 bits per heavy atom. The monoisotopic (exact) mass is 242 g/mol. The summed E-state index contributed by atoms with van der Waals surface area (Å²) in [4.78, 5) is 4.12. The summed E-state index contributed by atoms with van der Waals surface area (Å²) < 4.78 is 5.48. The number of hydrogen-bond donors (Lipinski definition) is 1. The van der Waals surface area contributed by atoms with Crippen molar-refractivity contribution in [3.8, 4) is 5.75 Å². The van der Waals surface area contributed by atoms with Crippen LogP contribution in [-0.2, 0) is 6.54 Å². The highest BCUT2D eigenvalue weighted by atomic mass is 16.5. The number of aryl methyl sites for hydroxylation is 1. The molecule has 0 amide bonds. The molecule has 1 N–H and O–H groups in total. The Morgan fingerprint density at radius 2 is 2.17 bits per heavy atom. The molecule has 0 saturated heterocycles. The van der Waals surface area contributed by atoms with Gasteiger partial charge in [0.15, 0.2) is 0 Å². The van der Waals surface area contributed by atoms with Crippen molar-refractivity contribution in [3.63, 3.8) is 0 Å². The van der Waals surface area contributed by atoms with Gasteiger partial charge in [0.25, 0.3) is 0 Å². The third-order valence-corrected chi connectivity index (χ3v) is 2.73. The minimum Gasteiger partial charge on any atom is -0.494 e. The highest BCUT2D eigenvalue weighted by Crippen LogP contribution is 2.16. The van der Waals surface area contributed by atoms with Gasteiger partial charge in [-0.1, -0.05) is 12.1 Å². The third kappa shape index (κ3) is 3.23. The molecule has 3 nitrogen and oxygen atoms in total. The van der Waals surface area contributed by atoms with Gasteiger partial charge in [-0.15, -0.1) is 0 Å². The lowest BCUT2D eigenvalue weighted by Crippen LogP contribution is -2.02. The Kier molecular flexibility index (Phi) is 4.18. The van der Waals surface area contributed by atoms with Gasteiger partial charge in [-0.3, -0.25) is 4.98 Å². The Morgan fingerprint density at radius 3 is 2.94 bits per heavy atom. The van der Waals surface area contributed by atoms with Crippen molar-refractivity contribution in [1.29, 1.82) is 0 Å². The highest BCUT2D eigenvalue weighted by Gasteiger charge is 1.99. The molecule has 0 aliphatic carbocycles. The van der Waals surface area contributed by atoms with Crippen LogP contribution in [0.15, 0.2) is 42.7 Å². The summed E-state index contributed by atoms with van der Waals surface area (Å²) in [5.41, 5.74) is 3.47. The van der Waals surface area contributed by atoms with Crippen LogP contribution >= 0.6 is 0 Å². The van der Waals surface area contributed by atoms with Gasteiger partial charge in [0, 0.05) is 12.7 Å². The largest absolute Gasteiger partial charge is 0.494 e. The van der Waals surface area contributed by atoms with Crippen LogP contribution in [0.3, 0.4) is 0 Å². The summed E-state index contributed by atoms with van der Waals surface area (Å²) in [6, 6.07) is 10.1. The second-order valence-electron chi connectivity index (χ2n) is 4.12. The summed E-state index contributed by atoms with van der Waals surface area (Å²) in [5, 5.41) is 3.38. The van der Waals surface area contributed by atoms with E-state index in [1.165, 1.54) is 11.1 Å². The van der Waals surface area contributed by atoms with Crippen LogP contribution in [0.4, 0.5) is 5.69 Å². The number of rotatable bonds is 5. The molecule has 0 radical (unpaired) electrons. The molecule has 1 aromatic heterocycles. The molecule has 18 heavy (non-hydrogen) atoms. The molecule has 0 unspecified atom stereocenters. The van der Waals surface area contributed by atoms with Crippen LogP contribution in [0.1, 0.15) is 18.1 Å². The van der Waals surface area contributed by atoms with E-state index < -0.39 is 0 Å². The van der Waals surface area contributed by atoms with Crippen molar-refractivity contribution in [1.82, 2.24) is 4.98 Å². The summed E-state index contributed by atoms with van der Waals surface area (Å²) in [7, 11) is 0. The van der Waals surface area contributed by atoms with Crippen molar-refractivity contribution in [2.24, 2.45) is 0 Å². The van der Waals surface area contributed by atoms with Gasteiger partial charge >= 0.3 is 0 Å². The Labute approximate surface area is 108 Å². The zero-order valence-corrected chi connectivity index (χ0v) is 10.8. The fraction of sp³-hybridized carbons (Fsp3) is 0.267. The summed E-state index contributed by atoms with van der Waals surface area (Å²) in [5.74, 6) is 0.916. The smallest absolute Gasteiger partial charge is 0.119 e. The van der Waals surface area contributed by atoms with E-state index in [1.807, 2.05) is 31.3 Å². The molecule has 2 rings (SSSR count). The first-order chi connectivity index (χ1) is 8.79. The molecular weight excluding hydrogens is 224 g/mol. The molecule has 0 spiro atoms. The first-order valence-electron chi connectivity index (χ1n) is 6.16. The van der Waals surface area contributed by atoms with E-state index in [4.69, 9.17) is 4.74 Å². The quantitative estimate of drug-likeness (QED) is 0.872. The van der Waals surface area contributed by atoms with Crippen LogP contribution < -0.4 is 10.1 Å². The topological polar surface area (TPSA) is 34.1 Å². The standard InChI is InChI=1S/C15H18N2O/c1-3-18-14-6-4-5-13(9-14)10-17-15-11-16-8-7-12(15)2/h4-9,11,17H,3,10H2,1-2H3. The summed E-state index contributed by atoms with van der Waals surface area (Å²) in [6.07, 6.45) is 3.65. The first kappa shape index (κ1) is 12.4. The van der Waals surface area contributed by atoms with Gasteiger partial charge < -0.3 is 10.1 Å². The van der Waals surface area contributed by atoms with Crippen LogP contribution in [0.2, 0.25) is 0 Å². The average Bonchev–Trinajstić information content (AvgIpc) is 2.39. The predicted octanol–water partition coefficient (Wildman–Crippen LogP) is 3.40. The number of aromatic nitrogens is 1. The van der Waals surface area contributed by atoms with E-state index in [1.54, 1.807) is 6.20 Å². The number of pyridine rings is 1. The second kappa shape index (κ2) is 6.05. The molecule has 0 bridgehead atoms. The second-order valence-corrected chi connectivity index (χ2v) is 4.12. The molecule has 0 atom stereocenters. The average molecular weight is 242 g/mol. The number of nitrogens with zero attached hydrogens (tertiary/aromatic N) is 1. The normalized spacial score (nSPS) is 10.1. The van der Waals surface area contributed by atoms with E-state index >= 15 is 0 Å². The number of nitrogens with one attached hydrogen (secondary N) is 1. The minimum absolute atomic E-state index is 0.693. The van der Waals surface area contributed by atoms with E-state index in [0.29, 0.717) is 6.61 Å². The number of hydrogen-bond acceptors (Lipinski definition) is 3. The molecule has 2 aromatic rings. The zero-order chi connectivity index (χ0) is 12.8. The molecule has 94 valence electrons. The minimum atomic E-state index is 0.693. The fourth-order valence-electron chi connectivity index (χ4n) is 1.76. The summed E-state index contributed by atoms with van der Waals surface area (Å²) >= 11 is 0. The molecule has 3 heteroatoms. The lowest BCUT2D eigenvalue weighted by molar-refractivity contribution is 0.340. The van der Waals surface area contributed by atoms with Crippen LogP contribution in [0.5, 0.6) is 5.75 Å². The Bertz CT molecular complexity index is 511. The fourth-order valence-corrected chi connectivity index (χ4v) is 1.76. The van der Waals surface area contributed by atoms with Crippen molar-refractivity contribution < 1.29 is 4.74 Å². The van der Waals surface area contributed by atoms with E-state index in [0.717, 1.165) is 18.0 Å². The van der Waals surface area contributed by atoms with Crippen molar-refractivity contribution in [2.45, 2.75) is 20.4 Å². The molecule has 0 aliphatic heterocycles. The SMILES string of the molecule is CCOc1cccc(CNc2cnccc2C)c1. The van der Waals surface area contributed by atoms with Crippen LogP contribution in [-0.4, -0.2) is 11.6 Å². The van der Waals surface area contributed by atoms with Gasteiger partial charge in [-0.25, -0.2) is 0 Å². The van der Waals surface area contributed by atoms with Crippen LogP contribution in [0.25, 0.3) is 0 Å². The van der Waals surface area contributed by atoms with E-state index in [9.17, 15) is 0 Å². The number of anilines is 1. The number of benzene rings is 1. The maximum atomic E-state index is 5.48. The lowest BCUT2D eigenvalue weighted by Gasteiger charge is -2.10. The molecule has 1 heterocycles. The van der Waals surface area contributed by atoms with Gasteiger partial charge in [-0.2, -0.15) is 0 Å². The van der Waals surface area contributed by atoms with Gasteiger partial charge in [-0.05, 0) is 43.2 Å². The zero-order valence-electron chi connectivity index (χ0n) is 10.8. The number of ether oxygens (including phenoxy) is 1. The highest BCUT2D eigenvalue weighted by molar-refractivity contribution is 5.48. The van der Waals surface area contributed by atoms with Gasteiger partial charge in [0.2, 0.25) is 0 Å². The van der Waals surface area contributed by atoms with Gasteiger partial charge in [0.1, 0.15) is 5.75 Å². The molecule has 0 aliphatic rings. The predicted molar refractivity (Wildman–Crippen MR) is 73.9 cm³/mol. The van der Waals surface area contributed by atoms with E-state index in [-0.39, 0.29) is 0 Å². The third-order valence-electron chi connectivity index (χ3n) is 2.73. The maximum absolute atomic E-state index is 5.48.